The number of H-pyrrole nitrogens is 1. The van der Waals surface area contributed by atoms with E-state index in [1.807, 2.05) is 30.3 Å². The first-order valence-electron chi connectivity index (χ1n) is 7.82. The van der Waals surface area contributed by atoms with Crippen molar-refractivity contribution in [3.8, 4) is 0 Å². The summed E-state index contributed by atoms with van der Waals surface area (Å²) in [4.78, 5) is 29.5. The number of hydrogen-bond acceptors (Lipinski definition) is 3. The first-order chi connectivity index (χ1) is 12.5. The number of benzene rings is 2. The number of halogens is 1. The second kappa shape index (κ2) is 6.44. The maximum atomic E-state index is 12.5. The van der Waals surface area contributed by atoms with Crippen LogP contribution in [0.25, 0.3) is 10.9 Å². The first kappa shape index (κ1) is 16.6. The molecule has 0 bridgehead atoms. The Morgan fingerprint density at radius 1 is 1.15 bits per heavy atom. The monoisotopic (exact) mass is 384 g/mol. The Kier molecular flexibility index (Phi) is 4.10. The number of aromatic nitrogens is 1. The molecule has 2 aromatic carbocycles. The van der Waals surface area contributed by atoms with Gasteiger partial charge in [-0.25, -0.2) is 0 Å². The van der Waals surface area contributed by atoms with Crippen LogP contribution < -0.4 is 10.3 Å². The summed E-state index contributed by atoms with van der Waals surface area (Å²) in [6.45, 7) is 0.0748. The van der Waals surface area contributed by atoms with Gasteiger partial charge in [-0.2, -0.15) is 5.01 Å². The van der Waals surface area contributed by atoms with Gasteiger partial charge < -0.3 is 9.88 Å². The van der Waals surface area contributed by atoms with Gasteiger partial charge >= 0.3 is 0 Å². The van der Waals surface area contributed by atoms with Gasteiger partial charge in [0.15, 0.2) is 0 Å². The average molecular weight is 385 g/mol. The molecule has 1 aliphatic heterocycles. The highest BCUT2D eigenvalue weighted by Crippen LogP contribution is 2.22. The zero-order chi connectivity index (χ0) is 18.3. The van der Waals surface area contributed by atoms with Crippen molar-refractivity contribution in [3.63, 3.8) is 0 Å². The third-order valence-electron chi connectivity index (χ3n) is 4.07. The fourth-order valence-electron chi connectivity index (χ4n) is 2.81. The van der Waals surface area contributed by atoms with E-state index in [0.29, 0.717) is 10.7 Å². The number of anilines is 1. The van der Waals surface area contributed by atoms with E-state index in [0.717, 1.165) is 21.6 Å². The Morgan fingerprint density at radius 2 is 1.92 bits per heavy atom. The predicted molar refractivity (Wildman–Crippen MR) is 104 cm³/mol. The molecule has 1 saturated heterocycles. The van der Waals surface area contributed by atoms with Crippen LogP contribution in [0.4, 0.5) is 5.69 Å². The molecule has 8 heteroatoms. The number of aromatic amines is 1. The van der Waals surface area contributed by atoms with Crippen molar-refractivity contribution >= 4 is 57.3 Å². The Morgan fingerprint density at radius 3 is 2.69 bits per heavy atom. The number of rotatable bonds is 3. The molecule has 130 valence electrons. The number of amides is 2. The summed E-state index contributed by atoms with van der Waals surface area (Å²) in [7, 11) is 0. The number of thiocarbonyl (C=S) groups is 1. The second-order valence-corrected chi connectivity index (χ2v) is 6.59. The van der Waals surface area contributed by atoms with Crippen molar-refractivity contribution in [3.05, 3.63) is 65.3 Å². The quantitative estimate of drug-likeness (QED) is 0.681. The number of hydrazine groups is 1. The zero-order valence-corrected chi connectivity index (χ0v) is 15.0. The van der Waals surface area contributed by atoms with Crippen molar-refractivity contribution in [2.45, 2.75) is 0 Å². The van der Waals surface area contributed by atoms with Gasteiger partial charge in [-0.3, -0.25) is 15.0 Å². The minimum atomic E-state index is -0.456. The second-order valence-electron chi connectivity index (χ2n) is 5.79. The molecule has 4 rings (SSSR count). The van der Waals surface area contributed by atoms with Crippen molar-refractivity contribution in [2.24, 2.45) is 0 Å². The third kappa shape index (κ3) is 2.91. The summed E-state index contributed by atoms with van der Waals surface area (Å²) in [6, 6.07) is 16.3. The highest BCUT2D eigenvalue weighted by Gasteiger charge is 2.35. The Bertz CT molecular complexity index is 1030. The van der Waals surface area contributed by atoms with Crippen molar-refractivity contribution < 1.29 is 9.59 Å². The summed E-state index contributed by atoms with van der Waals surface area (Å²) in [5.41, 5.74) is 4.46. The largest absolute Gasteiger partial charge is 0.350 e. The van der Waals surface area contributed by atoms with Gasteiger partial charge in [-0.15, -0.1) is 0 Å². The zero-order valence-electron chi connectivity index (χ0n) is 13.4. The average Bonchev–Trinajstić information content (AvgIpc) is 3.18. The van der Waals surface area contributed by atoms with Crippen LogP contribution >= 0.6 is 23.8 Å². The molecule has 1 aliphatic rings. The number of nitrogens with zero attached hydrogens (tertiary/aromatic N) is 2. The lowest BCUT2D eigenvalue weighted by atomic mass is 10.2. The molecule has 2 heterocycles. The molecule has 2 amide bonds. The predicted octanol–water partition coefficient (Wildman–Crippen LogP) is 3.10. The minimum absolute atomic E-state index is 0.0748. The third-order valence-corrected chi connectivity index (χ3v) is 4.71. The molecular formula is C18H13ClN4O2S. The topological polar surface area (TPSA) is 68.4 Å². The van der Waals surface area contributed by atoms with Crippen molar-refractivity contribution in [2.75, 3.05) is 11.4 Å². The van der Waals surface area contributed by atoms with Crippen LogP contribution in [0.3, 0.4) is 0 Å². The van der Waals surface area contributed by atoms with Gasteiger partial charge in [-0.1, -0.05) is 29.8 Å². The van der Waals surface area contributed by atoms with E-state index >= 15 is 0 Å². The lowest BCUT2D eigenvalue weighted by Gasteiger charge is -2.20. The Balaban J connectivity index is 1.55. The van der Waals surface area contributed by atoms with E-state index in [9.17, 15) is 9.59 Å². The summed E-state index contributed by atoms with van der Waals surface area (Å²) >= 11 is 11.3. The first-order valence-corrected chi connectivity index (χ1v) is 8.60. The summed E-state index contributed by atoms with van der Waals surface area (Å²) < 4.78 is 0. The van der Waals surface area contributed by atoms with E-state index in [2.05, 4.69) is 10.4 Å². The molecule has 3 aromatic rings. The standard InChI is InChI=1S/C18H13ClN4O2S/c19-12-6-7-14-11(8-12)9-15(20-14)17(25)21-23-16(24)10-22(18(23)26)13-4-2-1-3-5-13/h1-9,20H,10H2,(H,21,25). The molecule has 1 aromatic heterocycles. The minimum Gasteiger partial charge on any atom is -0.350 e. The fourth-order valence-corrected chi connectivity index (χ4v) is 3.31. The number of hydrogen-bond donors (Lipinski definition) is 2. The smallest absolute Gasteiger partial charge is 0.286 e. The Hall–Kier alpha value is -2.90. The van der Waals surface area contributed by atoms with Crippen molar-refractivity contribution in [1.82, 2.24) is 15.4 Å². The van der Waals surface area contributed by atoms with Gasteiger partial charge in [-0.05, 0) is 48.6 Å². The molecule has 1 fully saturated rings. The maximum absolute atomic E-state index is 12.5. The number of carbonyl (C=O) groups excluding carboxylic acids is 2. The number of para-hydroxylation sites is 1. The molecule has 2 N–H and O–H groups in total. The number of carbonyl (C=O) groups is 2. The molecule has 0 unspecified atom stereocenters. The maximum Gasteiger partial charge on any atom is 0.286 e. The van der Waals surface area contributed by atoms with Crippen LogP contribution in [-0.2, 0) is 4.79 Å². The van der Waals surface area contributed by atoms with Crippen molar-refractivity contribution in [1.29, 1.82) is 0 Å². The molecule has 0 saturated carbocycles. The molecule has 0 spiro atoms. The normalized spacial score (nSPS) is 14.3. The SMILES string of the molecule is O=C(NN1C(=O)CN(c2ccccc2)C1=S)c1cc2cc(Cl)ccc2[nH]1. The fraction of sp³-hybridized carbons (Fsp3) is 0.0556. The summed E-state index contributed by atoms with van der Waals surface area (Å²) in [6.07, 6.45) is 0. The summed E-state index contributed by atoms with van der Waals surface area (Å²) in [5, 5.41) is 2.72. The van der Waals surface area contributed by atoms with Crippen LogP contribution in [-0.4, -0.2) is 33.5 Å². The van der Waals surface area contributed by atoms with E-state index in [1.54, 1.807) is 29.2 Å². The lowest BCUT2D eigenvalue weighted by Crippen LogP contribution is -2.46. The lowest BCUT2D eigenvalue weighted by molar-refractivity contribution is -0.125. The van der Waals surface area contributed by atoms with Gasteiger partial charge in [0, 0.05) is 21.6 Å². The van der Waals surface area contributed by atoms with Gasteiger partial charge in [0.05, 0.1) is 0 Å². The van der Waals surface area contributed by atoms with Crippen LogP contribution in [0.15, 0.2) is 54.6 Å². The molecule has 0 atom stereocenters. The van der Waals surface area contributed by atoms with Gasteiger partial charge in [0.2, 0.25) is 5.11 Å². The molecular weight excluding hydrogens is 372 g/mol. The molecule has 6 nitrogen and oxygen atoms in total. The molecule has 26 heavy (non-hydrogen) atoms. The highest BCUT2D eigenvalue weighted by molar-refractivity contribution is 7.80. The highest BCUT2D eigenvalue weighted by atomic mass is 35.5. The van der Waals surface area contributed by atoms with Gasteiger partial charge in [0.25, 0.3) is 11.8 Å². The van der Waals surface area contributed by atoms with E-state index in [1.165, 1.54) is 0 Å². The van der Waals surface area contributed by atoms with E-state index in [-0.39, 0.29) is 17.6 Å². The number of nitrogens with one attached hydrogen (secondary N) is 2. The van der Waals surface area contributed by atoms with Crippen LogP contribution in [0.1, 0.15) is 10.5 Å². The van der Waals surface area contributed by atoms with Crippen LogP contribution in [0, 0.1) is 0 Å². The van der Waals surface area contributed by atoms with Gasteiger partial charge in [0.1, 0.15) is 12.2 Å². The molecule has 0 aliphatic carbocycles. The summed E-state index contributed by atoms with van der Waals surface area (Å²) in [5.74, 6) is -0.755. The number of fused-ring (bicyclic) bond motifs is 1. The van der Waals surface area contributed by atoms with Crippen LogP contribution in [0.2, 0.25) is 5.02 Å². The van der Waals surface area contributed by atoms with Crippen LogP contribution in [0.5, 0.6) is 0 Å². The Labute approximate surface area is 159 Å². The van der Waals surface area contributed by atoms with E-state index in [4.69, 9.17) is 23.8 Å². The van der Waals surface area contributed by atoms with E-state index < -0.39 is 5.91 Å². The molecule has 0 radical (unpaired) electrons.